The van der Waals surface area contributed by atoms with Gasteiger partial charge in [-0.05, 0) is 20.3 Å². The highest BCUT2D eigenvalue weighted by atomic mass is 14.9. The average molecular weight is 194 g/mol. The van der Waals surface area contributed by atoms with Gasteiger partial charge < -0.3 is 4.98 Å². The van der Waals surface area contributed by atoms with E-state index in [0.717, 1.165) is 17.9 Å². The maximum absolute atomic E-state index is 4.47. The molecule has 1 heterocycles. The fourth-order valence-corrected chi connectivity index (χ4v) is 1.64. The van der Waals surface area contributed by atoms with E-state index in [4.69, 9.17) is 0 Å². The fraction of sp³-hybridized carbons (Fsp3) is 0.750. The summed E-state index contributed by atoms with van der Waals surface area (Å²) in [6.45, 7) is 6.40. The third-order valence-corrected chi connectivity index (χ3v) is 2.69. The molecule has 0 atom stereocenters. The summed E-state index contributed by atoms with van der Waals surface area (Å²) in [6.07, 6.45) is 7.78. The van der Waals surface area contributed by atoms with Gasteiger partial charge in [-0.2, -0.15) is 0 Å². The van der Waals surface area contributed by atoms with Crippen molar-refractivity contribution in [2.75, 3.05) is 0 Å². The van der Waals surface area contributed by atoms with Crippen LogP contribution in [0.15, 0.2) is 0 Å². The van der Waals surface area contributed by atoms with Crippen molar-refractivity contribution in [3.63, 3.8) is 0 Å². The monoisotopic (exact) mass is 194 g/mol. The summed E-state index contributed by atoms with van der Waals surface area (Å²) in [5.74, 6) is 1.16. The van der Waals surface area contributed by atoms with Gasteiger partial charge in [0.2, 0.25) is 0 Å². The van der Waals surface area contributed by atoms with Crippen LogP contribution < -0.4 is 0 Å². The van der Waals surface area contributed by atoms with Crippen molar-refractivity contribution in [1.82, 2.24) is 9.97 Å². The minimum Gasteiger partial charge on any atom is -0.346 e. The molecule has 1 aromatic rings. The minimum absolute atomic E-state index is 1.11. The van der Waals surface area contributed by atoms with Crippen molar-refractivity contribution in [2.24, 2.45) is 0 Å². The van der Waals surface area contributed by atoms with E-state index in [1.54, 1.807) is 0 Å². The van der Waals surface area contributed by atoms with Crippen LogP contribution in [0.2, 0.25) is 0 Å². The quantitative estimate of drug-likeness (QED) is 0.689. The Hall–Kier alpha value is -0.790. The normalized spacial score (nSPS) is 10.8. The van der Waals surface area contributed by atoms with Gasteiger partial charge in [0.25, 0.3) is 0 Å². The van der Waals surface area contributed by atoms with Crippen LogP contribution in [0.25, 0.3) is 0 Å². The van der Waals surface area contributed by atoms with Crippen LogP contribution in [-0.4, -0.2) is 9.97 Å². The van der Waals surface area contributed by atoms with Crippen molar-refractivity contribution in [3.05, 3.63) is 17.2 Å². The van der Waals surface area contributed by atoms with Crippen molar-refractivity contribution < 1.29 is 0 Å². The zero-order chi connectivity index (χ0) is 10.4. The summed E-state index contributed by atoms with van der Waals surface area (Å²) in [6, 6.07) is 0. The largest absolute Gasteiger partial charge is 0.346 e. The molecule has 1 rings (SSSR count). The zero-order valence-corrected chi connectivity index (χ0v) is 9.69. The molecule has 0 aromatic carbocycles. The predicted molar refractivity (Wildman–Crippen MR) is 60.5 cm³/mol. The number of unbranched alkanes of at least 4 members (excludes halogenated alkanes) is 4. The van der Waals surface area contributed by atoms with Crippen molar-refractivity contribution in [1.29, 1.82) is 0 Å². The van der Waals surface area contributed by atoms with Gasteiger partial charge in [0.05, 0.1) is 5.69 Å². The molecule has 0 fully saturated rings. The number of imidazole rings is 1. The molecule has 0 saturated carbocycles. The van der Waals surface area contributed by atoms with Crippen LogP contribution in [0.3, 0.4) is 0 Å². The number of nitrogens with zero attached hydrogens (tertiary/aromatic N) is 1. The van der Waals surface area contributed by atoms with E-state index in [0.29, 0.717) is 0 Å². The van der Waals surface area contributed by atoms with Gasteiger partial charge in [0, 0.05) is 12.1 Å². The van der Waals surface area contributed by atoms with E-state index in [9.17, 15) is 0 Å². The van der Waals surface area contributed by atoms with E-state index >= 15 is 0 Å². The number of nitrogens with one attached hydrogen (secondary N) is 1. The number of hydrogen-bond acceptors (Lipinski definition) is 1. The lowest BCUT2D eigenvalue weighted by molar-refractivity contribution is 0.624. The van der Waals surface area contributed by atoms with E-state index in [1.165, 1.54) is 37.8 Å². The van der Waals surface area contributed by atoms with Crippen molar-refractivity contribution >= 4 is 0 Å². The molecule has 1 N–H and O–H groups in total. The summed E-state index contributed by atoms with van der Waals surface area (Å²) in [5, 5.41) is 0. The van der Waals surface area contributed by atoms with Crippen molar-refractivity contribution in [3.8, 4) is 0 Å². The summed E-state index contributed by atoms with van der Waals surface area (Å²) >= 11 is 0. The van der Waals surface area contributed by atoms with Gasteiger partial charge in [-0.3, -0.25) is 0 Å². The smallest absolute Gasteiger partial charge is 0.106 e. The van der Waals surface area contributed by atoms with Gasteiger partial charge >= 0.3 is 0 Å². The highest BCUT2D eigenvalue weighted by Gasteiger charge is 2.01. The van der Waals surface area contributed by atoms with E-state index in [1.807, 2.05) is 0 Å². The summed E-state index contributed by atoms with van der Waals surface area (Å²) in [7, 11) is 0. The lowest BCUT2D eigenvalue weighted by atomic mass is 10.1. The number of aryl methyl sites for hydroxylation is 3. The lowest BCUT2D eigenvalue weighted by Crippen LogP contribution is -1.88. The number of rotatable bonds is 6. The third kappa shape index (κ3) is 3.52. The van der Waals surface area contributed by atoms with E-state index < -0.39 is 0 Å². The number of aromatic amines is 1. The molecular weight excluding hydrogens is 172 g/mol. The first-order valence-corrected chi connectivity index (χ1v) is 5.76. The molecule has 0 bridgehead atoms. The van der Waals surface area contributed by atoms with Crippen LogP contribution in [0.5, 0.6) is 0 Å². The Bertz CT molecular complexity index is 244. The number of hydrogen-bond donors (Lipinski definition) is 1. The Labute approximate surface area is 87.1 Å². The van der Waals surface area contributed by atoms with Crippen LogP contribution in [0.4, 0.5) is 0 Å². The fourth-order valence-electron chi connectivity index (χ4n) is 1.64. The first-order valence-electron chi connectivity index (χ1n) is 5.76. The highest BCUT2D eigenvalue weighted by Crippen LogP contribution is 2.08. The molecule has 0 saturated heterocycles. The molecule has 1 aromatic heterocycles. The molecule has 0 radical (unpaired) electrons. The Kier molecular flexibility index (Phi) is 4.71. The molecule has 0 unspecified atom stereocenters. The van der Waals surface area contributed by atoms with Crippen LogP contribution >= 0.6 is 0 Å². The first-order chi connectivity index (χ1) is 6.74. The Morgan fingerprint density at radius 3 is 2.36 bits per heavy atom. The predicted octanol–water partition coefficient (Wildman–Crippen LogP) is 3.54. The molecule has 0 aliphatic rings. The van der Waals surface area contributed by atoms with Gasteiger partial charge in [0.1, 0.15) is 5.82 Å². The maximum atomic E-state index is 4.47. The van der Waals surface area contributed by atoms with Gasteiger partial charge in [-0.1, -0.05) is 32.6 Å². The second-order valence-corrected chi connectivity index (χ2v) is 4.06. The zero-order valence-electron chi connectivity index (χ0n) is 9.69. The molecule has 80 valence electrons. The Balaban J connectivity index is 2.18. The molecule has 0 spiro atoms. The number of aromatic nitrogens is 2. The molecule has 14 heavy (non-hydrogen) atoms. The molecule has 2 nitrogen and oxygen atoms in total. The molecule has 2 heteroatoms. The summed E-state index contributed by atoms with van der Waals surface area (Å²) < 4.78 is 0. The topological polar surface area (TPSA) is 28.7 Å². The SMILES string of the molecule is CCCCCCCc1nc(C)c(C)[nH]1. The standard InChI is InChI=1S/C12H22N2/c1-4-5-6-7-8-9-12-13-10(2)11(3)14-12/h4-9H2,1-3H3,(H,13,14). The third-order valence-electron chi connectivity index (χ3n) is 2.69. The molecule has 0 amide bonds. The average Bonchev–Trinajstić information content (AvgIpc) is 2.46. The van der Waals surface area contributed by atoms with E-state index in [-0.39, 0.29) is 0 Å². The first kappa shape index (κ1) is 11.3. The Morgan fingerprint density at radius 2 is 1.79 bits per heavy atom. The second-order valence-electron chi connectivity index (χ2n) is 4.06. The molecule has 0 aliphatic heterocycles. The molecular formula is C12H22N2. The minimum atomic E-state index is 1.11. The van der Waals surface area contributed by atoms with Gasteiger partial charge in [-0.15, -0.1) is 0 Å². The van der Waals surface area contributed by atoms with Crippen LogP contribution in [0, 0.1) is 13.8 Å². The molecule has 0 aliphatic carbocycles. The lowest BCUT2D eigenvalue weighted by Gasteiger charge is -1.97. The second kappa shape index (κ2) is 5.84. The van der Waals surface area contributed by atoms with Crippen LogP contribution in [0.1, 0.15) is 56.2 Å². The van der Waals surface area contributed by atoms with Crippen LogP contribution in [-0.2, 0) is 6.42 Å². The van der Waals surface area contributed by atoms with Crippen molar-refractivity contribution in [2.45, 2.75) is 59.3 Å². The Morgan fingerprint density at radius 1 is 1.07 bits per heavy atom. The maximum Gasteiger partial charge on any atom is 0.106 e. The summed E-state index contributed by atoms with van der Waals surface area (Å²) in [4.78, 5) is 7.80. The number of H-pyrrole nitrogens is 1. The highest BCUT2D eigenvalue weighted by molar-refractivity contribution is 5.10. The summed E-state index contributed by atoms with van der Waals surface area (Å²) in [5.41, 5.74) is 2.36. The van der Waals surface area contributed by atoms with Gasteiger partial charge in [-0.25, -0.2) is 4.98 Å². The van der Waals surface area contributed by atoms with Gasteiger partial charge in [0.15, 0.2) is 0 Å². The van der Waals surface area contributed by atoms with E-state index in [2.05, 4.69) is 30.7 Å².